The van der Waals surface area contributed by atoms with Crippen molar-refractivity contribution in [3.8, 4) is 0 Å². The van der Waals surface area contributed by atoms with Crippen LogP contribution in [0.15, 0.2) is 0 Å². The molecule has 0 aromatic rings. The first-order valence-electron chi connectivity index (χ1n) is 3.88. The smallest absolute Gasteiger partial charge is 0.204 e. The Hall–Kier alpha value is 0.340. The SMILES string of the molecule is O=[SH](=O)N1CC2PCC23CC13. The molecule has 11 heavy (non-hydrogen) atoms. The standard InChI is InChI=1S/C6H10NO2PS/c8-11(9)7-2-5-6(3-10-5)1-4(6)7/h4-5,10-11H,1-3H2. The van der Waals surface area contributed by atoms with Gasteiger partial charge in [0.15, 0.2) is 0 Å². The Balaban J connectivity index is 1.93. The summed E-state index contributed by atoms with van der Waals surface area (Å²) in [5.74, 6) is 0. The van der Waals surface area contributed by atoms with E-state index in [1.807, 2.05) is 0 Å². The van der Waals surface area contributed by atoms with Gasteiger partial charge in [0.1, 0.15) is 0 Å². The van der Waals surface area contributed by atoms with Crippen molar-refractivity contribution < 1.29 is 8.42 Å². The van der Waals surface area contributed by atoms with Gasteiger partial charge in [0.05, 0.1) is 0 Å². The second kappa shape index (κ2) is 1.81. The summed E-state index contributed by atoms with van der Waals surface area (Å²) in [4.78, 5) is 0. The maximum absolute atomic E-state index is 10.7. The van der Waals surface area contributed by atoms with Crippen LogP contribution in [0.2, 0.25) is 0 Å². The van der Waals surface area contributed by atoms with E-state index in [0.717, 1.165) is 27.2 Å². The lowest BCUT2D eigenvalue weighted by molar-refractivity contribution is 0.462. The first kappa shape index (κ1) is 6.81. The topological polar surface area (TPSA) is 37.4 Å². The van der Waals surface area contributed by atoms with Crippen molar-refractivity contribution in [2.45, 2.75) is 18.1 Å². The highest BCUT2D eigenvalue weighted by Crippen LogP contribution is 2.71. The molecule has 0 aromatic carbocycles. The van der Waals surface area contributed by atoms with Crippen LogP contribution < -0.4 is 0 Å². The van der Waals surface area contributed by atoms with Gasteiger partial charge in [0.2, 0.25) is 10.9 Å². The van der Waals surface area contributed by atoms with E-state index in [1.165, 1.54) is 6.16 Å². The van der Waals surface area contributed by atoms with Crippen molar-refractivity contribution in [1.29, 1.82) is 0 Å². The first-order chi connectivity index (χ1) is 5.24. The Morgan fingerprint density at radius 1 is 1.55 bits per heavy atom. The highest BCUT2D eigenvalue weighted by atomic mass is 32.2. The summed E-state index contributed by atoms with van der Waals surface area (Å²) in [6.07, 6.45) is 2.47. The molecule has 3 rings (SSSR count). The third-order valence-corrected chi connectivity index (χ3v) is 6.36. The van der Waals surface area contributed by atoms with Crippen molar-refractivity contribution in [3.63, 3.8) is 0 Å². The van der Waals surface area contributed by atoms with Gasteiger partial charge in [-0.1, -0.05) is 0 Å². The maximum atomic E-state index is 10.7. The van der Waals surface area contributed by atoms with E-state index in [1.54, 1.807) is 4.31 Å². The molecule has 0 aromatic heterocycles. The lowest BCUT2D eigenvalue weighted by Crippen LogP contribution is -2.31. The molecule has 4 atom stereocenters. The van der Waals surface area contributed by atoms with Crippen LogP contribution in [0, 0.1) is 5.41 Å². The molecule has 0 amide bonds. The molecule has 5 heteroatoms. The lowest BCUT2D eigenvalue weighted by Gasteiger charge is -2.32. The van der Waals surface area contributed by atoms with Crippen LogP contribution in [0.4, 0.5) is 0 Å². The molecule has 1 aliphatic carbocycles. The number of nitrogens with zero attached hydrogens (tertiary/aromatic N) is 1. The molecule has 2 heterocycles. The minimum absolute atomic E-state index is 0.426. The van der Waals surface area contributed by atoms with Gasteiger partial charge in [0, 0.05) is 12.6 Å². The van der Waals surface area contributed by atoms with Crippen LogP contribution in [-0.2, 0) is 10.9 Å². The zero-order valence-corrected chi connectivity index (χ0v) is 7.88. The van der Waals surface area contributed by atoms with E-state index >= 15 is 0 Å². The van der Waals surface area contributed by atoms with Gasteiger partial charge in [-0.15, -0.1) is 8.58 Å². The zero-order chi connectivity index (χ0) is 7.64. The summed E-state index contributed by atoms with van der Waals surface area (Å²) in [5.41, 5.74) is 1.26. The minimum atomic E-state index is -2.28. The highest BCUT2D eigenvalue weighted by molar-refractivity contribution is 7.70. The summed E-state index contributed by atoms with van der Waals surface area (Å²) >= 11 is 0. The molecular weight excluding hydrogens is 181 g/mol. The summed E-state index contributed by atoms with van der Waals surface area (Å²) in [6, 6.07) is 0.426. The molecular formula is C6H10NO2PS. The van der Waals surface area contributed by atoms with E-state index in [4.69, 9.17) is 0 Å². The largest absolute Gasteiger partial charge is 0.215 e. The van der Waals surface area contributed by atoms with Crippen LogP contribution >= 0.6 is 8.58 Å². The summed E-state index contributed by atoms with van der Waals surface area (Å²) in [6.45, 7) is 0.835. The van der Waals surface area contributed by atoms with Crippen LogP contribution in [-0.4, -0.2) is 37.1 Å². The Labute approximate surface area is 69.0 Å². The normalized spacial score (nSPS) is 55.7. The number of rotatable bonds is 1. The van der Waals surface area contributed by atoms with Crippen molar-refractivity contribution in [3.05, 3.63) is 0 Å². The lowest BCUT2D eigenvalue weighted by atomic mass is 10.1. The molecule has 1 saturated carbocycles. The van der Waals surface area contributed by atoms with E-state index in [2.05, 4.69) is 0 Å². The third kappa shape index (κ3) is 0.647. The van der Waals surface area contributed by atoms with Crippen molar-refractivity contribution in [1.82, 2.24) is 4.31 Å². The second-order valence-corrected chi connectivity index (χ2v) is 6.19. The molecule has 1 spiro atoms. The molecule has 0 N–H and O–H groups in total. The average molecular weight is 191 g/mol. The molecule has 3 aliphatic rings. The van der Waals surface area contributed by atoms with Gasteiger partial charge in [-0.2, -0.15) is 4.31 Å². The van der Waals surface area contributed by atoms with Crippen LogP contribution in [0.5, 0.6) is 0 Å². The predicted molar refractivity (Wildman–Crippen MR) is 44.8 cm³/mol. The van der Waals surface area contributed by atoms with Gasteiger partial charge in [0.25, 0.3) is 0 Å². The minimum Gasteiger partial charge on any atom is -0.215 e. The molecule has 3 nitrogen and oxygen atoms in total. The van der Waals surface area contributed by atoms with E-state index in [9.17, 15) is 8.42 Å². The Bertz CT molecular complexity index is 284. The van der Waals surface area contributed by atoms with Gasteiger partial charge in [-0.05, 0) is 23.7 Å². The molecule has 4 unspecified atom stereocenters. The molecule has 3 fully saturated rings. The summed E-state index contributed by atoms with van der Waals surface area (Å²) in [7, 11) is -1.24. The van der Waals surface area contributed by atoms with Gasteiger partial charge >= 0.3 is 0 Å². The average Bonchev–Trinajstić information content (AvgIpc) is 2.58. The predicted octanol–water partition coefficient (Wildman–Crippen LogP) is -0.352. The van der Waals surface area contributed by atoms with Crippen molar-refractivity contribution in [2.75, 3.05) is 12.7 Å². The van der Waals surface area contributed by atoms with E-state index in [-0.39, 0.29) is 0 Å². The first-order valence-corrected chi connectivity index (χ1v) is 6.30. The van der Waals surface area contributed by atoms with Gasteiger partial charge in [-0.3, -0.25) is 0 Å². The number of piperidine rings is 1. The Kier molecular flexibility index (Phi) is 1.12. The van der Waals surface area contributed by atoms with Crippen LogP contribution in [0.25, 0.3) is 0 Å². The summed E-state index contributed by atoms with van der Waals surface area (Å²) in [5, 5.41) is 0. The quantitative estimate of drug-likeness (QED) is 0.454. The molecule has 2 aliphatic heterocycles. The van der Waals surface area contributed by atoms with Crippen molar-refractivity contribution in [2.24, 2.45) is 5.41 Å². The number of hydrogen-bond donors (Lipinski definition) is 1. The Morgan fingerprint density at radius 3 is 2.64 bits per heavy atom. The molecule has 2 saturated heterocycles. The van der Waals surface area contributed by atoms with Crippen molar-refractivity contribution >= 4 is 19.5 Å². The highest BCUT2D eigenvalue weighted by Gasteiger charge is 2.71. The molecule has 0 bridgehead atoms. The second-order valence-electron chi connectivity index (χ2n) is 3.75. The monoisotopic (exact) mass is 191 g/mol. The number of thiol groups is 1. The van der Waals surface area contributed by atoms with E-state index in [0.29, 0.717) is 11.5 Å². The van der Waals surface area contributed by atoms with Crippen LogP contribution in [0.1, 0.15) is 6.42 Å². The van der Waals surface area contributed by atoms with Gasteiger partial charge in [-0.25, -0.2) is 8.42 Å². The maximum Gasteiger partial charge on any atom is 0.204 e. The summed E-state index contributed by atoms with van der Waals surface area (Å²) < 4.78 is 23.1. The molecule has 0 radical (unpaired) electrons. The molecule has 62 valence electrons. The fraction of sp³-hybridized carbons (Fsp3) is 1.00. The fourth-order valence-electron chi connectivity index (χ4n) is 2.52. The Morgan fingerprint density at radius 2 is 2.36 bits per heavy atom. The number of hydrogen-bond acceptors (Lipinski definition) is 2. The van der Waals surface area contributed by atoms with E-state index < -0.39 is 10.9 Å². The fourth-order valence-corrected chi connectivity index (χ4v) is 5.54. The van der Waals surface area contributed by atoms with Gasteiger partial charge < -0.3 is 0 Å². The zero-order valence-electron chi connectivity index (χ0n) is 5.99. The van der Waals surface area contributed by atoms with Crippen LogP contribution in [0.3, 0.4) is 0 Å². The third-order valence-electron chi connectivity index (χ3n) is 3.39.